The summed E-state index contributed by atoms with van der Waals surface area (Å²) < 4.78 is 7.87. The minimum atomic E-state index is 0.359. The van der Waals surface area contributed by atoms with Gasteiger partial charge in [-0.2, -0.15) is 0 Å². The Balaban J connectivity index is 1.57. The van der Waals surface area contributed by atoms with E-state index in [9.17, 15) is 0 Å². The van der Waals surface area contributed by atoms with Crippen LogP contribution in [0.25, 0.3) is 0 Å². The van der Waals surface area contributed by atoms with Crippen molar-refractivity contribution in [1.82, 2.24) is 0 Å². The van der Waals surface area contributed by atoms with Gasteiger partial charge in [-0.25, -0.2) is 0 Å². The Labute approximate surface area is 158 Å². The second-order valence-corrected chi connectivity index (χ2v) is 20.2. The van der Waals surface area contributed by atoms with Gasteiger partial charge in [0.15, 0.2) is 0 Å². The fourth-order valence-electron chi connectivity index (χ4n) is 1.94. The second-order valence-electron chi connectivity index (χ2n) is 4.54. The minimum absolute atomic E-state index is 0.359. The Kier molecular flexibility index (Phi) is 6.60. The topological polar surface area (TPSA) is 0 Å². The monoisotopic (exact) mass is 730 g/mol. The molecule has 17 heavy (non-hydrogen) atoms. The third kappa shape index (κ3) is 4.79. The van der Waals surface area contributed by atoms with Gasteiger partial charge in [0, 0.05) is 0 Å². The summed E-state index contributed by atoms with van der Waals surface area (Å²) in [5, 5.41) is 2.07. The van der Waals surface area contributed by atoms with Crippen LogP contribution in [0.15, 0.2) is 0 Å². The van der Waals surface area contributed by atoms with E-state index in [0.29, 0.717) is 41.8 Å². The maximum atomic E-state index is 2.42. The fraction of sp³-hybridized carbons (Fsp3) is 0.818. The van der Waals surface area contributed by atoms with Crippen LogP contribution in [0.2, 0.25) is 10.4 Å². The molecule has 0 aliphatic carbocycles. The third-order valence-electron chi connectivity index (χ3n) is 3.07. The van der Waals surface area contributed by atoms with Crippen molar-refractivity contribution in [3.05, 3.63) is 0 Å². The Morgan fingerprint density at radius 3 is 1.71 bits per heavy atom. The number of hydrogen-bond donors (Lipinski definition) is 0. The zero-order valence-corrected chi connectivity index (χ0v) is 20.2. The molecular formula is C11H14S2Te4. The van der Waals surface area contributed by atoms with Gasteiger partial charge in [0.2, 0.25) is 0 Å². The van der Waals surface area contributed by atoms with Crippen LogP contribution in [0, 0.1) is 0 Å². The van der Waals surface area contributed by atoms with Crippen molar-refractivity contribution >= 4 is 116 Å². The summed E-state index contributed by atoms with van der Waals surface area (Å²) in [5.41, 5.74) is 0. The van der Waals surface area contributed by atoms with Gasteiger partial charge in [0.05, 0.1) is 0 Å². The standard InChI is InChI=1S/C11H14S2Te4/c14-8(1-6-3-12-6)10-11(17-5-16-10)9(15)2-7-4-13-7/h6-7,10-11H,1-5H2. The van der Waals surface area contributed by atoms with Gasteiger partial charge in [-0.3, -0.25) is 0 Å². The van der Waals surface area contributed by atoms with Gasteiger partial charge < -0.3 is 0 Å². The molecule has 0 aromatic heterocycles. The number of rotatable bonds is 6. The van der Waals surface area contributed by atoms with Crippen molar-refractivity contribution in [2.45, 2.75) is 33.8 Å². The van der Waals surface area contributed by atoms with Crippen LogP contribution in [-0.4, -0.2) is 115 Å². The molecule has 0 bridgehead atoms. The van der Waals surface area contributed by atoms with Crippen LogP contribution in [0.3, 0.4) is 0 Å². The fourth-order valence-corrected chi connectivity index (χ4v) is 24.6. The van der Waals surface area contributed by atoms with Crippen LogP contribution in [0.1, 0.15) is 12.8 Å². The molecule has 4 atom stereocenters. The Bertz CT molecular complexity index is 306. The van der Waals surface area contributed by atoms with Crippen molar-refractivity contribution in [2.24, 2.45) is 0 Å². The zero-order valence-electron chi connectivity index (χ0n) is 9.29. The number of hydrogen-bond acceptors (Lipinski definition) is 2. The first-order valence-electron chi connectivity index (χ1n) is 5.76. The first kappa shape index (κ1) is 15.5. The molecule has 0 N–H and O–H groups in total. The zero-order chi connectivity index (χ0) is 11.8. The van der Waals surface area contributed by atoms with Crippen molar-refractivity contribution < 1.29 is 0 Å². The predicted octanol–water partition coefficient (Wildman–Crippen LogP) is 1.05. The van der Waals surface area contributed by atoms with E-state index in [-0.39, 0.29) is 0 Å². The SMILES string of the molecule is [Te]=C(CC1CS1)C1[Te]C[Te]C1C(=[Te])CC1CS1. The van der Waals surface area contributed by atoms with E-state index in [0.717, 1.165) is 18.4 Å². The van der Waals surface area contributed by atoms with Crippen molar-refractivity contribution in [3.8, 4) is 0 Å². The molecule has 94 valence electrons. The molecule has 4 unspecified atom stereocenters. The molecule has 3 fully saturated rings. The molecular weight excluding hydrogens is 707 g/mol. The predicted molar refractivity (Wildman–Crippen MR) is 87.1 cm³/mol. The third-order valence-corrected chi connectivity index (χ3v) is 23.2. The van der Waals surface area contributed by atoms with E-state index in [1.165, 1.54) is 24.3 Å². The van der Waals surface area contributed by atoms with E-state index in [4.69, 9.17) is 0 Å². The van der Waals surface area contributed by atoms with Crippen molar-refractivity contribution in [3.63, 3.8) is 0 Å². The molecule has 3 saturated heterocycles. The summed E-state index contributed by atoms with van der Waals surface area (Å²) in [6.07, 6.45) is 2.95. The van der Waals surface area contributed by atoms with E-state index in [1.54, 1.807) is 2.52 Å². The molecule has 3 aliphatic rings. The van der Waals surface area contributed by atoms with Gasteiger partial charge in [-0.05, 0) is 0 Å². The van der Waals surface area contributed by atoms with E-state index >= 15 is 0 Å². The second kappa shape index (κ2) is 7.24. The summed E-state index contributed by atoms with van der Waals surface area (Å²) in [5.74, 6) is 2.91. The van der Waals surface area contributed by atoms with Crippen LogP contribution < -0.4 is 0 Å². The molecule has 0 amide bonds. The molecule has 0 radical (unpaired) electrons. The van der Waals surface area contributed by atoms with Crippen molar-refractivity contribution in [2.75, 3.05) is 11.5 Å². The molecule has 3 rings (SSSR count). The van der Waals surface area contributed by atoms with E-state index in [1.807, 2.05) is 7.10 Å². The van der Waals surface area contributed by atoms with E-state index in [2.05, 4.69) is 67.2 Å². The Morgan fingerprint density at radius 1 is 0.941 bits per heavy atom. The van der Waals surface area contributed by atoms with E-state index < -0.39 is 0 Å². The molecule has 3 aliphatic heterocycles. The van der Waals surface area contributed by atoms with Crippen LogP contribution in [0.4, 0.5) is 0 Å². The normalized spacial score (nSPS) is 39.1. The Hall–Kier alpha value is 3.60. The summed E-state index contributed by atoms with van der Waals surface area (Å²) in [6.45, 7) is 0. The summed E-state index contributed by atoms with van der Waals surface area (Å²) in [4.78, 5) is 0. The van der Waals surface area contributed by atoms with Gasteiger partial charge in [-0.1, -0.05) is 0 Å². The molecule has 0 aromatic rings. The van der Waals surface area contributed by atoms with Gasteiger partial charge in [0.25, 0.3) is 0 Å². The molecule has 0 nitrogen and oxygen atoms in total. The molecule has 0 aromatic carbocycles. The van der Waals surface area contributed by atoms with Crippen molar-refractivity contribution in [1.29, 1.82) is 0 Å². The summed E-state index contributed by atoms with van der Waals surface area (Å²) in [6, 6.07) is 0. The molecule has 3 heterocycles. The Morgan fingerprint density at radius 2 is 1.35 bits per heavy atom. The van der Waals surface area contributed by atoms with Gasteiger partial charge in [0.1, 0.15) is 0 Å². The summed E-state index contributed by atoms with van der Waals surface area (Å²) in [7, 11) is 0. The molecule has 0 spiro atoms. The van der Waals surface area contributed by atoms with Gasteiger partial charge in [-0.15, -0.1) is 0 Å². The number of thioether (sulfide) groups is 2. The summed E-state index contributed by atoms with van der Waals surface area (Å²) >= 11 is 9.93. The first-order chi connectivity index (χ1) is 8.24. The van der Waals surface area contributed by atoms with Crippen LogP contribution >= 0.6 is 23.5 Å². The first-order valence-corrected chi connectivity index (χ1v) is 16.2. The quantitative estimate of drug-likeness (QED) is 0.298. The molecule has 6 heteroatoms. The average molecular weight is 721 g/mol. The average Bonchev–Trinajstić information content (AvgIpc) is 3.21. The van der Waals surface area contributed by atoms with Crippen LogP contribution in [0.5, 0.6) is 0 Å². The van der Waals surface area contributed by atoms with Crippen LogP contribution in [-0.2, 0) is 0 Å². The molecule has 0 saturated carbocycles. The van der Waals surface area contributed by atoms with Gasteiger partial charge >= 0.3 is 161 Å². The maximum absolute atomic E-state index is 2.42.